The standard InChI is InChI=1S/C18H23F3N4O4/c1-17(2,3)15(27)25-6-7-29-13-5-4-11(8-12(13)25)22-9-14(26)24-16(28)23-10-18(19,20)21/h4-5,8,22H,6-7,9-10H2,1-3H3,(H2,23,24,26,28). The zero-order chi connectivity index (χ0) is 21.8. The number of urea groups is 1. The Balaban J connectivity index is 1.98. The van der Waals surface area contributed by atoms with Crippen LogP contribution < -0.4 is 25.6 Å². The fraction of sp³-hybridized carbons (Fsp3) is 0.500. The number of carbonyl (C=O) groups excluding carboxylic acids is 3. The fourth-order valence-corrected chi connectivity index (χ4v) is 2.52. The number of anilines is 2. The second-order valence-electron chi connectivity index (χ2n) is 7.44. The molecule has 11 heteroatoms. The molecular formula is C18H23F3N4O4. The van der Waals surface area contributed by atoms with E-state index in [4.69, 9.17) is 4.74 Å². The van der Waals surface area contributed by atoms with Crippen LogP contribution in [0.4, 0.5) is 29.3 Å². The summed E-state index contributed by atoms with van der Waals surface area (Å²) in [5.74, 6) is -0.380. The minimum absolute atomic E-state index is 0.0849. The van der Waals surface area contributed by atoms with Crippen molar-refractivity contribution in [2.45, 2.75) is 26.9 Å². The van der Waals surface area contributed by atoms with Gasteiger partial charge in [-0.25, -0.2) is 4.79 Å². The zero-order valence-electron chi connectivity index (χ0n) is 16.3. The third kappa shape index (κ3) is 6.54. The van der Waals surface area contributed by atoms with E-state index in [0.717, 1.165) is 0 Å². The van der Waals surface area contributed by atoms with Crippen molar-refractivity contribution < 1.29 is 32.3 Å². The molecule has 1 aromatic rings. The number of benzene rings is 1. The average molecular weight is 416 g/mol. The van der Waals surface area contributed by atoms with E-state index in [2.05, 4.69) is 5.32 Å². The van der Waals surface area contributed by atoms with Crippen LogP contribution in [0.25, 0.3) is 0 Å². The number of fused-ring (bicyclic) bond motifs is 1. The van der Waals surface area contributed by atoms with Crippen LogP contribution >= 0.6 is 0 Å². The zero-order valence-corrected chi connectivity index (χ0v) is 16.3. The second kappa shape index (κ2) is 8.58. The molecule has 0 radical (unpaired) electrons. The molecule has 0 aliphatic carbocycles. The summed E-state index contributed by atoms with van der Waals surface area (Å²) in [6, 6.07) is 3.67. The number of nitrogens with zero attached hydrogens (tertiary/aromatic N) is 1. The van der Waals surface area contributed by atoms with Gasteiger partial charge in [-0.1, -0.05) is 20.8 Å². The summed E-state index contributed by atoms with van der Waals surface area (Å²) in [5, 5.41) is 6.09. The lowest BCUT2D eigenvalue weighted by Crippen LogP contribution is -2.45. The molecular weight excluding hydrogens is 393 g/mol. The summed E-state index contributed by atoms with van der Waals surface area (Å²) in [4.78, 5) is 37.3. The lowest BCUT2D eigenvalue weighted by atomic mass is 9.94. The molecule has 1 aliphatic rings. The molecule has 8 nitrogen and oxygen atoms in total. The number of halogens is 3. The smallest absolute Gasteiger partial charge is 0.405 e. The topological polar surface area (TPSA) is 99.8 Å². The number of nitrogens with one attached hydrogen (secondary N) is 3. The Morgan fingerprint density at radius 3 is 2.48 bits per heavy atom. The van der Waals surface area contributed by atoms with Gasteiger partial charge in [-0.2, -0.15) is 13.2 Å². The molecule has 1 aliphatic heterocycles. The van der Waals surface area contributed by atoms with Crippen molar-refractivity contribution in [2.24, 2.45) is 5.41 Å². The third-order valence-electron chi connectivity index (χ3n) is 3.86. The maximum absolute atomic E-state index is 12.7. The lowest BCUT2D eigenvalue weighted by Gasteiger charge is -2.34. The van der Waals surface area contributed by atoms with Crippen molar-refractivity contribution in [3.8, 4) is 5.75 Å². The van der Waals surface area contributed by atoms with E-state index in [1.165, 1.54) is 0 Å². The number of hydrogen-bond acceptors (Lipinski definition) is 5. The number of hydrogen-bond donors (Lipinski definition) is 3. The molecule has 0 saturated heterocycles. The summed E-state index contributed by atoms with van der Waals surface area (Å²) in [6.45, 7) is 4.26. The molecule has 0 atom stereocenters. The van der Waals surface area contributed by atoms with Crippen LogP contribution in [0.3, 0.4) is 0 Å². The molecule has 160 valence electrons. The van der Waals surface area contributed by atoms with Gasteiger partial charge in [0.15, 0.2) is 0 Å². The Bertz CT molecular complexity index is 790. The normalized spacial score (nSPS) is 13.8. The minimum atomic E-state index is -4.57. The second-order valence-corrected chi connectivity index (χ2v) is 7.44. The number of alkyl halides is 3. The molecule has 0 spiro atoms. The molecule has 2 rings (SSSR count). The highest BCUT2D eigenvalue weighted by Gasteiger charge is 2.32. The monoisotopic (exact) mass is 416 g/mol. The third-order valence-corrected chi connectivity index (χ3v) is 3.86. The van der Waals surface area contributed by atoms with Gasteiger partial charge in [0.2, 0.25) is 11.8 Å². The van der Waals surface area contributed by atoms with Gasteiger partial charge in [0.1, 0.15) is 18.9 Å². The van der Waals surface area contributed by atoms with Gasteiger partial charge >= 0.3 is 12.2 Å². The summed E-state index contributed by atoms with van der Waals surface area (Å²) in [6.07, 6.45) is -4.57. The highest BCUT2D eigenvalue weighted by Crippen LogP contribution is 2.36. The van der Waals surface area contributed by atoms with E-state index in [1.807, 2.05) is 0 Å². The first-order chi connectivity index (χ1) is 13.4. The van der Waals surface area contributed by atoms with Crippen molar-refractivity contribution in [3.05, 3.63) is 18.2 Å². The molecule has 1 aromatic carbocycles. The van der Waals surface area contributed by atoms with Crippen LogP contribution in [-0.2, 0) is 9.59 Å². The molecule has 4 amide bonds. The molecule has 0 fully saturated rings. The van der Waals surface area contributed by atoms with Gasteiger partial charge in [0, 0.05) is 11.1 Å². The van der Waals surface area contributed by atoms with Gasteiger partial charge in [-0.05, 0) is 18.2 Å². The minimum Gasteiger partial charge on any atom is -0.490 e. The van der Waals surface area contributed by atoms with Crippen LogP contribution in [0, 0.1) is 5.41 Å². The Labute approximate surface area is 165 Å². The average Bonchev–Trinajstić information content (AvgIpc) is 2.62. The van der Waals surface area contributed by atoms with Crippen LogP contribution in [-0.4, -0.2) is 50.3 Å². The fourth-order valence-electron chi connectivity index (χ4n) is 2.52. The number of rotatable bonds is 4. The maximum Gasteiger partial charge on any atom is 0.405 e. The predicted octanol–water partition coefficient (Wildman–Crippen LogP) is 2.26. The van der Waals surface area contributed by atoms with Gasteiger partial charge in [0.25, 0.3) is 0 Å². The van der Waals surface area contributed by atoms with E-state index in [0.29, 0.717) is 30.3 Å². The molecule has 0 saturated carbocycles. The highest BCUT2D eigenvalue weighted by atomic mass is 19.4. The van der Waals surface area contributed by atoms with Gasteiger partial charge in [-0.15, -0.1) is 0 Å². The van der Waals surface area contributed by atoms with Gasteiger partial charge < -0.3 is 20.3 Å². The number of carbonyl (C=O) groups is 3. The van der Waals surface area contributed by atoms with Crippen LogP contribution in [0.2, 0.25) is 0 Å². The van der Waals surface area contributed by atoms with Crippen LogP contribution in [0.1, 0.15) is 20.8 Å². The Hall–Kier alpha value is -2.98. The van der Waals surface area contributed by atoms with E-state index in [9.17, 15) is 27.6 Å². The molecule has 3 N–H and O–H groups in total. The molecule has 1 heterocycles. The molecule has 0 bridgehead atoms. The van der Waals surface area contributed by atoms with Gasteiger partial charge in [0.05, 0.1) is 18.8 Å². The SMILES string of the molecule is CC(C)(C)C(=O)N1CCOc2ccc(NCC(=O)NC(=O)NCC(F)(F)F)cc21. The summed E-state index contributed by atoms with van der Waals surface area (Å²) < 4.78 is 41.7. The number of amides is 4. The lowest BCUT2D eigenvalue weighted by molar-refractivity contribution is -0.126. The van der Waals surface area contributed by atoms with E-state index in [1.54, 1.807) is 54.5 Å². The Morgan fingerprint density at radius 1 is 1.17 bits per heavy atom. The highest BCUT2D eigenvalue weighted by molar-refractivity contribution is 5.99. The molecule has 0 unspecified atom stereocenters. The van der Waals surface area contributed by atoms with Crippen molar-refractivity contribution in [2.75, 3.05) is 36.5 Å². The number of imide groups is 1. The Morgan fingerprint density at radius 2 is 1.86 bits per heavy atom. The van der Waals surface area contributed by atoms with E-state index >= 15 is 0 Å². The summed E-state index contributed by atoms with van der Waals surface area (Å²) in [5.41, 5.74) is 0.429. The van der Waals surface area contributed by atoms with Gasteiger partial charge in [-0.3, -0.25) is 14.9 Å². The van der Waals surface area contributed by atoms with E-state index < -0.39 is 30.1 Å². The van der Waals surface area contributed by atoms with Crippen LogP contribution in [0.15, 0.2) is 18.2 Å². The maximum atomic E-state index is 12.7. The van der Waals surface area contributed by atoms with Crippen LogP contribution in [0.5, 0.6) is 5.75 Å². The largest absolute Gasteiger partial charge is 0.490 e. The quantitative estimate of drug-likeness (QED) is 0.699. The Kier molecular flexibility index (Phi) is 6.60. The van der Waals surface area contributed by atoms with E-state index in [-0.39, 0.29) is 12.5 Å². The van der Waals surface area contributed by atoms with Crippen molar-refractivity contribution in [1.82, 2.24) is 10.6 Å². The van der Waals surface area contributed by atoms with Crippen molar-refractivity contribution >= 4 is 29.2 Å². The summed E-state index contributed by atoms with van der Waals surface area (Å²) >= 11 is 0. The molecule has 0 aromatic heterocycles. The number of ether oxygens (including phenoxy) is 1. The first-order valence-corrected chi connectivity index (χ1v) is 8.84. The molecule has 29 heavy (non-hydrogen) atoms. The van der Waals surface area contributed by atoms with Crippen molar-refractivity contribution in [3.63, 3.8) is 0 Å². The summed E-state index contributed by atoms with van der Waals surface area (Å²) in [7, 11) is 0. The van der Waals surface area contributed by atoms with Crippen molar-refractivity contribution in [1.29, 1.82) is 0 Å². The first kappa shape index (κ1) is 22.3. The predicted molar refractivity (Wildman–Crippen MR) is 99.8 cm³/mol. The first-order valence-electron chi connectivity index (χ1n) is 8.84.